The lowest BCUT2D eigenvalue weighted by atomic mass is 9.76. The molecule has 12 heteroatoms. The number of nitrogens with zero attached hydrogens (tertiary/aromatic N) is 3. The van der Waals surface area contributed by atoms with Crippen LogP contribution in [0, 0.1) is 24.4 Å². The van der Waals surface area contributed by atoms with Gasteiger partial charge in [-0.25, -0.2) is 27.8 Å². The number of aromatic nitrogens is 1. The van der Waals surface area contributed by atoms with Gasteiger partial charge in [-0.1, -0.05) is 19.1 Å². The first-order chi connectivity index (χ1) is 16.4. The van der Waals surface area contributed by atoms with E-state index in [4.69, 9.17) is 4.42 Å². The fourth-order valence-corrected chi connectivity index (χ4v) is 4.43. The molecular formula is C23H17F6N3O3. The zero-order valence-corrected chi connectivity index (χ0v) is 18.3. The Morgan fingerprint density at radius 3 is 2.29 bits per heavy atom. The molecule has 2 heterocycles. The second kappa shape index (κ2) is 8.43. The summed E-state index contributed by atoms with van der Waals surface area (Å²) in [7, 11) is 0. The van der Waals surface area contributed by atoms with Gasteiger partial charge in [0.25, 0.3) is 0 Å². The molecule has 1 aliphatic rings. The normalized spacial score (nSPS) is 18.1. The third-order valence-corrected chi connectivity index (χ3v) is 5.92. The van der Waals surface area contributed by atoms with Crippen molar-refractivity contribution >= 4 is 17.6 Å². The van der Waals surface area contributed by atoms with Gasteiger partial charge in [0.1, 0.15) is 17.9 Å². The molecule has 184 valence electrons. The Labute approximate surface area is 194 Å². The van der Waals surface area contributed by atoms with Crippen LogP contribution in [0.3, 0.4) is 0 Å². The monoisotopic (exact) mass is 497 g/mol. The highest BCUT2D eigenvalue weighted by molar-refractivity contribution is 6.21. The Hall–Kier alpha value is -3.83. The summed E-state index contributed by atoms with van der Waals surface area (Å²) >= 11 is 0. The second-order valence-corrected chi connectivity index (χ2v) is 7.87. The third-order valence-electron chi connectivity index (χ3n) is 5.92. The van der Waals surface area contributed by atoms with E-state index >= 15 is 4.39 Å². The lowest BCUT2D eigenvalue weighted by Crippen LogP contribution is -2.62. The molecule has 0 radical (unpaired) electrons. The van der Waals surface area contributed by atoms with Gasteiger partial charge >= 0.3 is 18.1 Å². The zero-order chi connectivity index (χ0) is 25.7. The van der Waals surface area contributed by atoms with E-state index < -0.39 is 64.7 Å². The summed E-state index contributed by atoms with van der Waals surface area (Å²) in [6.45, 7) is 0.817. The van der Waals surface area contributed by atoms with E-state index in [0.717, 1.165) is 36.7 Å². The number of hydrogen-bond donors (Lipinski definition) is 0. The van der Waals surface area contributed by atoms with Gasteiger partial charge in [0, 0.05) is 5.56 Å². The van der Waals surface area contributed by atoms with Gasteiger partial charge in [-0.05, 0) is 43.2 Å². The van der Waals surface area contributed by atoms with E-state index in [9.17, 15) is 31.5 Å². The van der Waals surface area contributed by atoms with Crippen molar-refractivity contribution in [3.05, 3.63) is 82.8 Å². The molecule has 1 aromatic heterocycles. The molecule has 3 amide bonds. The van der Waals surface area contributed by atoms with Crippen molar-refractivity contribution in [2.45, 2.75) is 32.0 Å². The van der Waals surface area contributed by atoms with Gasteiger partial charge in [-0.15, -0.1) is 0 Å². The van der Waals surface area contributed by atoms with Crippen molar-refractivity contribution < 1.29 is 40.3 Å². The number of urea groups is 1. The molecule has 35 heavy (non-hydrogen) atoms. The predicted octanol–water partition coefficient (Wildman–Crippen LogP) is 5.70. The summed E-state index contributed by atoms with van der Waals surface area (Å²) in [6, 6.07) is 4.15. The zero-order valence-electron chi connectivity index (χ0n) is 18.3. The van der Waals surface area contributed by atoms with E-state index in [-0.39, 0.29) is 22.6 Å². The molecule has 1 atom stereocenters. The maximum Gasteiger partial charge on any atom is 0.406 e. The fourth-order valence-electron chi connectivity index (χ4n) is 4.43. The number of oxazole rings is 1. The molecule has 2 aromatic carbocycles. The Balaban J connectivity index is 2.09. The minimum atomic E-state index is -4.99. The number of benzene rings is 2. The summed E-state index contributed by atoms with van der Waals surface area (Å²) in [5, 5.41) is 0. The highest BCUT2D eigenvalue weighted by atomic mass is 19.4. The maximum absolute atomic E-state index is 15.5. The number of hydrogen-bond acceptors (Lipinski definition) is 4. The van der Waals surface area contributed by atoms with Crippen LogP contribution in [0.1, 0.15) is 40.7 Å². The maximum atomic E-state index is 15.5. The fraction of sp³-hybridized carbons (Fsp3) is 0.261. The van der Waals surface area contributed by atoms with E-state index in [2.05, 4.69) is 4.98 Å². The molecule has 1 aliphatic heterocycles. The van der Waals surface area contributed by atoms with E-state index in [1.807, 2.05) is 0 Å². The number of amides is 3. The quantitative estimate of drug-likeness (QED) is 0.434. The van der Waals surface area contributed by atoms with E-state index in [1.54, 1.807) is 0 Å². The molecule has 6 nitrogen and oxygen atoms in total. The molecule has 3 aromatic rings. The van der Waals surface area contributed by atoms with Gasteiger partial charge in [0.05, 0.1) is 11.4 Å². The van der Waals surface area contributed by atoms with Crippen LogP contribution in [-0.2, 0) is 5.54 Å². The SMILES string of the molecule is CCC1(c2ccc(F)cc2)c2c(ccc(F)c2F)N(C(=O)c2ocnc2C)C(=O)N1CC(F)(F)F. The highest BCUT2D eigenvalue weighted by Gasteiger charge is 2.56. The van der Waals surface area contributed by atoms with Crippen molar-refractivity contribution in [2.24, 2.45) is 0 Å². The molecule has 0 bridgehead atoms. The second-order valence-electron chi connectivity index (χ2n) is 7.87. The summed E-state index contributed by atoms with van der Waals surface area (Å²) in [6.07, 6.45) is -4.46. The lowest BCUT2D eigenvalue weighted by molar-refractivity contribution is -0.149. The number of carbonyl (C=O) groups excluding carboxylic acids is 2. The van der Waals surface area contributed by atoms with Crippen molar-refractivity contribution in [3.63, 3.8) is 0 Å². The number of aryl methyl sites for hydroxylation is 1. The van der Waals surface area contributed by atoms with Crippen LogP contribution >= 0.6 is 0 Å². The average molecular weight is 497 g/mol. The number of carbonyl (C=O) groups is 2. The summed E-state index contributed by atoms with van der Waals surface area (Å²) in [4.78, 5) is 31.1. The summed E-state index contributed by atoms with van der Waals surface area (Å²) in [5.74, 6) is -5.38. The smallest absolute Gasteiger partial charge is 0.406 e. The summed E-state index contributed by atoms with van der Waals surface area (Å²) < 4.78 is 89.9. The Kier molecular flexibility index (Phi) is 5.86. The molecular weight excluding hydrogens is 480 g/mol. The lowest BCUT2D eigenvalue weighted by Gasteiger charge is -2.50. The first-order valence-corrected chi connectivity index (χ1v) is 10.3. The molecule has 0 saturated carbocycles. The predicted molar refractivity (Wildman–Crippen MR) is 110 cm³/mol. The Morgan fingerprint density at radius 1 is 1.09 bits per heavy atom. The summed E-state index contributed by atoms with van der Waals surface area (Å²) in [5.41, 5.74) is -3.46. The van der Waals surface area contributed by atoms with Crippen LogP contribution in [0.25, 0.3) is 0 Å². The van der Waals surface area contributed by atoms with Crippen LogP contribution in [-0.4, -0.2) is 34.5 Å². The van der Waals surface area contributed by atoms with Gasteiger partial charge < -0.3 is 9.32 Å². The number of anilines is 1. The number of fused-ring (bicyclic) bond motifs is 1. The van der Waals surface area contributed by atoms with Crippen molar-refractivity contribution in [1.29, 1.82) is 0 Å². The molecule has 0 saturated heterocycles. The van der Waals surface area contributed by atoms with Crippen LogP contribution in [0.15, 0.2) is 47.2 Å². The Bertz CT molecular complexity index is 1300. The standard InChI is InChI=1S/C23H17F6N3O3/c1-3-22(13-4-6-14(24)7-5-13)17-16(9-8-15(25)18(17)26)32(20(33)19-12(2)30-11-35-19)21(34)31(22)10-23(27,28)29/h4-9,11H,3,10H2,1-2H3. The first kappa shape index (κ1) is 24.3. The van der Waals surface area contributed by atoms with Crippen LogP contribution in [0.2, 0.25) is 0 Å². The number of alkyl halides is 3. The molecule has 0 aliphatic carbocycles. The molecule has 0 fully saturated rings. The van der Waals surface area contributed by atoms with E-state index in [0.29, 0.717) is 11.0 Å². The van der Waals surface area contributed by atoms with Gasteiger partial charge in [0.15, 0.2) is 18.0 Å². The third kappa shape index (κ3) is 3.82. The van der Waals surface area contributed by atoms with Gasteiger partial charge in [-0.2, -0.15) is 13.2 Å². The van der Waals surface area contributed by atoms with Gasteiger partial charge in [-0.3, -0.25) is 4.79 Å². The largest absolute Gasteiger partial charge is 0.438 e. The molecule has 0 N–H and O–H groups in total. The first-order valence-electron chi connectivity index (χ1n) is 10.3. The topological polar surface area (TPSA) is 66.7 Å². The number of rotatable bonds is 4. The van der Waals surface area contributed by atoms with Crippen LogP contribution in [0.4, 0.5) is 36.8 Å². The number of halogens is 6. The number of imide groups is 1. The van der Waals surface area contributed by atoms with E-state index in [1.165, 1.54) is 13.8 Å². The average Bonchev–Trinajstić information content (AvgIpc) is 3.23. The van der Waals surface area contributed by atoms with Crippen molar-refractivity contribution in [2.75, 3.05) is 11.4 Å². The highest BCUT2D eigenvalue weighted by Crippen LogP contribution is 2.50. The van der Waals surface area contributed by atoms with Crippen molar-refractivity contribution in [1.82, 2.24) is 9.88 Å². The minimum Gasteiger partial charge on any atom is -0.438 e. The van der Waals surface area contributed by atoms with Crippen molar-refractivity contribution in [3.8, 4) is 0 Å². The molecule has 0 spiro atoms. The molecule has 4 rings (SSSR count). The minimum absolute atomic E-state index is 0.0279. The van der Waals surface area contributed by atoms with Crippen LogP contribution in [0.5, 0.6) is 0 Å². The Morgan fingerprint density at radius 2 is 1.74 bits per heavy atom. The van der Waals surface area contributed by atoms with Gasteiger partial charge in [0.2, 0.25) is 5.76 Å². The molecule has 1 unspecified atom stereocenters. The van der Waals surface area contributed by atoms with Crippen LogP contribution < -0.4 is 4.90 Å².